The van der Waals surface area contributed by atoms with E-state index in [-0.39, 0.29) is 16.8 Å². The first kappa shape index (κ1) is 11.9. The summed E-state index contributed by atoms with van der Waals surface area (Å²) in [7, 11) is 0. The van der Waals surface area contributed by atoms with Crippen LogP contribution in [0.1, 0.15) is 5.56 Å². The number of benzene rings is 1. The first-order valence-corrected chi connectivity index (χ1v) is 5.53. The Morgan fingerprint density at radius 2 is 1.76 bits per heavy atom. The maximum Gasteiger partial charge on any atom is 0.417 e. The van der Waals surface area contributed by atoms with E-state index in [1.807, 2.05) is 0 Å². The van der Waals surface area contributed by atoms with Gasteiger partial charge in [0.2, 0.25) is 0 Å². The van der Waals surface area contributed by atoms with Gasteiger partial charge in [0.1, 0.15) is 5.82 Å². The van der Waals surface area contributed by atoms with Crippen molar-refractivity contribution in [1.29, 1.82) is 0 Å². The van der Waals surface area contributed by atoms with Crippen molar-refractivity contribution in [3.05, 3.63) is 40.3 Å². The highest BCUT2D eigenvalue weighted by Gasteiger charge is 2.34. The highest BCUT2D eigenvalue weighted by atomic mass is 32.1. The Hall–Kier alpha value is -1.56. The number of halogens is 4. The zero-order chi connectivity index (χ0) is 12.6. The molecule has 0 saturated carbocycles. The standard InChI is InChI=1S/C11H7F4NS/c12-9-3-1-2-6(10(9)16)7-4-17-5-8(7)11(13,14)15/h1-5H,16H2. The third kappa shape index (κ3) is 2.12. The zero-order valence-corrected chi connectivity index (χ0v) is 9.20. The van der Waals surface area contributed by atoms with Crippen LogP contribution in [0.15, 0.2) is 29.0 Å². The lowest BCUT2D eigenvalue weighted by atomic mass is 10.0. The van der Waals surface area contributed by atoms with Gasteiger partial charge in [-0.2, -0.15) is 24.5 Å². The number of hydrogen-bond donors (Lipinski definition) is 1. The van der Waals surface area contributed by atoms with Crippen molar-refractivity contribution in [1.82, 2.24) is 0 Å². The van der Waals surface area contributed by atoms with Gasteiger partial charge in [0.25, 0.3) is 0 Å². The Morgan fingerprint density at radius 1 is 1.06 bits per heavy atom. The predicted octanol–water partition coefficient (Wildman–Crippen LogP) is 4.16. The number of nitrogen functional groups attached to an aromatic ring is 1. The van der Waals surface area contributed by atoms with E-state index in [9.17, 15) is 17.6 Å². The van der Waals surface area contributed by atoms with Gasteiger partial charge in [-0.25, -0.2) is 4.39 Å². The fourth-order valence-electron chi connectivity index (χ4n) is 1.50. The summed E-state index contributed by atoms with van der Waals surface area (Å²) in [5.74, 6) is -0.721. The molecule has 0 aliphatic carbocycles. The lowest BCUT2D eigenvalue weighted by Crippen LogP contribution is -2.05. The Kier molecular flexibility index (Phi) is 2.82. The summed E-state index contributed by atoms with van der Waals surface area (Å²) in [6, 6.07) is 3.81. The topological polar surface area (TPSA) is 26.0 Å². The van der Waals surface area contributed by atoms with Crippen LogP contribution in [0.4, 0.5) is 23.2 Å². The Morgan fingerprint density at radius 3 is 2.41 bits per heavy atom. The summed E-state index contributed by atoms with van der Waals surface area (Å²) in [5, 5.41) is 2.30. The van der Waals surface area contributed by atoms with Crippen LogP contribution in [-0.4, -0.2) is 0 Å². The van der Waals surface area contributed by atoms with Crippen LogP contribution in [0, 0.1) is 5.82 Å². The van der Waals surface area contributed by atoms with Crippen LogP contribution in [0.25, 0.3) is 11.1 Å². The summed E-state index contributed by atoms with van der Waals surface area (Å²) in [5.41, 5.74) is 4.37. The van der Waals surface area contributed by atoms with Gasteiger partial charge in [-0.3, -0.25) is 0 Å². The first-order valence-electron chi connectivity index (χ1n) is 4.59. The zero-order valence-electron chi connectivity index (χ0n) is 8.38. The van der Waals surface area contributed by atoms with Crippen molar-refractivity contribution >= 4 is 17.0 Å². The molecule has 0 aliphatic rings. The molecule has 0 atom stereocenters. The molecule has 2 rings (SSSR count). The maximum atomic E-state index is 13.2. The maximum absolute atomic E-state index is 13.2. The fraction of sp³-hybridized carbons (Fsp3) is 0.0909. The number of para-hydroxylation sites is 1. The van der Waals surface area contributed by atoms with Crippen molar-refractivity contribution in [3.63, 3.8) is 0 Å². The van der Waals surface area contributed by atoms with E-state index in [1.54, 1.807) is 0 Å². The summed E-state index contributed by atoms with van der Waals surface area (Å²) in [6.45, 7) is 0. The normalized spacial score (nSPS) is 11.8. The van der Waals surface area contributed by atoms with Crippen molar-refractivity contribution in [2.45, 2.75) is 6.18 Å². The van der Waals surface area contributed by atoms with Crippen LogP contribution in [0.5, 0.6) is 0 Å². The molecule has 90 valence electrons. The van der Waals surface area contributed by atoms with Crippen molar-refractivity contribution < 1.29 is 17.6 Å². The average molecular weight is 261 g/mol. The number of nitrogens with two attached hydrogens (primary N) is 1. The highest BCUT2D eigenvalue weighted by Crippen LogP contribution is 2.41. The van der Waals surface area contributed by atoms with Gasteiger partial charge in [-0.1, -0.05) is 12.1 Å². The third-order valence-electron chi connectivity index (χ3n) is 2.31. The van der Waals surface area contributed by atoms with Gasteiger partial charge in [0.15, 0.2) is 0 Å². The number of alkyl halides is 3. The monoisotopic (exact) mass is 261 g/mol. The molecule has 2 N–H and O–H groups in total. The average Bonchev–Trinajstić information content (AvgIpc) is 2.70. The molecule has 1 aromatic carbocycles. The van der Waals surface area contributed by atoms with Crippen LogP contribution < -0.4 is 5.73 Å². The Labute approximate surface area is 98.5 Å². The molecule has 1 heterocycles. The predicted molar refractivity (Wildman–Crippen MR) is 59.1 cm³/mol. The van der Waals surface area contributed by atoms with Crippen LogP contribution in [-0.2, 0) is 6.18 Å². The van der Waals surface area contributed by atoms with E-state index in [0.717, 1.165) is 22.8 Å². The number of anilines is 1. The van der Waals surface area contributed by atoms with E-state index in [0.29, 0.717) is 0 Å². The second-order valence-electron chi connectivity index (χ2n) is 3.40. The van der Waals surface area contributed by atoms with Crippen molar-refractivity contribution in [2.75, 3.05) is 5.73 Å². The lowest BCUT2D eigenvalue weighted by Gasteiger charge is -2.10. The molecular formula is C11H7F4NS. The SMILES string of the molecule is Nc1c(F)cccc1-c1cscc1C(F)(F)F. The van der Waals surface area contributed by atoms with Gasteiger partial charge in [0.05, 0.1) is 11.3 Å². The molecule has 17 heavy (non-hydrogen) atoms. The smallest absolute Gasteiger partial charge is 0.396 e. The molecule has 0 bridgehead atoms. The molecule has 6 heteroatoms. The Bertz CT molecular complexity index is 545. The van der Waals surface area contributed by atoms with E-state index >= 15 is 0 Å². The minimum atomic E-state index is -4.46. The second-order valence-corrected chi connectivity index (χ2v) is 4.14. The highest BCUT2D eigenvalue weighted by molar-refractivity contribution is 7.08. The third-order valence-corrected chi connectivity index (χ3v) is 3.05. The summed E-state index contributed by atoms with van der Waals surface area (Å²) < 4.78 is 51.2. The van der Waals surface area contributed by atoms with Crippen LogP contribution in [0.2, 0.25) is 0 Å². The fourth-order valence-corrected chi connectivity index (χ4v) is 2.35. The molecule has 1 aromatic heterocycles. The van der Waals surface area contributed by atoms with E-state index in [2.05, 4.69) is 0 Å². The second kappa shape index (κ2) is 4.03. The summed E-state index contributed by atoms with van der Waals surface area (Å²) >= 11 is 0.904. The van der Waals surface area contributed by atoms with Crippen LogP contribution in [0.3, 0.4) is 0 Å². The molecule has 0 unspecified atom stereocenters. The number of thiophene rings is 1. The minimum Gasteiger partial charge on any atom is -0.396 e. The number of rotatable bonds is 1. The molecule has 1 nitrogen and oxygen atoms in total. The number of hydrogen-bond acceptors (Lipinski definition) is 2. The van der Waals surface area contributed by atoms with E-state index < -0.39 is 17.6 Å². The lowest BCUT2D eigenvalue weighted by molar-refractivity contribution is -0.136. The van der Waals surface area contributed by atoms with Gasteiger partial charge >= 0.3 is 6.18 Å². The molecule has 0 spiro atoms. The van der Waals surface area contributed by atoms with Gasteiger partial charge in [-0.05, 0) is 11.4 Å². The Balaban J connectivity index is 2.62. The van der Waals surface area contributed by atoms with Crippen LogP contribution >= 0.6 is 11.3 Å². The summed E-state index contributed by atoms with van der Waals surface area (Å²) in [4.78, 5) is 0. The first-order chi connectivity index (χ1) is 7.91. The molecule has 0 aliphatic heterocycles. The van der Waals surface area contributed by atoms with Crippen molar-refractivity contribution in [2.24, 2.45) is 0 Å². The van der Waals surface area contributed by atoms with Gasteiger partial charge < -0.3 is 5.73 Å². The minimum absolute atomic E-state index is 0.0681. The summed E-state index contributed by atoms with van der Waals surface area (Å²) in [6.07, 6.45) is -4.46. The quantitative estimate of drug-likeness (QED) is 0.605. The van der Waals surface area contributed by atoms with E-state index in [1.165, 1.54) is 17.5 Å². The molecular weight excluding hydrogens is 254 g/mol. The molecule has 2 aromatic rings. The van der Waals surface area contributed by atoms with Gasteiger partial charge in [0, 0.05) is 16.5 Å². The molecule has 0 fully saturated rings. The molecule has 0 amide bonds. The molecule has 0 saturated heterocycles. The van der Waals surface area contributed by atoms with E-state index in [4.69, 9.17) is 5.73 Å². The molecule has 0 radical (unpaired) electrons. The largest absolute Gasteiger partial charge is 0.417 e. The van der Waals surface area contributed by atoms with Gasteiger partial charge in [-0.15, -0.1) is 0 Å². The van der Waals surface area contributed by atoms with Crippen molar-refractivity contribution in [3.8, 4) is 11.1 Å².